The van der Waals surface area contributed by atoms with Gasteiger partial charge < -0.3 is 15.5 Å². The molecule has 0 saturated carbocycles. The second-order valence-corrected chi connectivity index (χ2v) is 8.46. The molecule has 1 saturated heterocycles. The van der Waals surface area contributed by atoms with Crippen molar-refractivity contribution in [1.82, 2.24) is 15.6 Å². The third kappa shape index (κ3) is 7.02. The van der Waals surface area contributed by atoms with Crippen molar-refractivity contribution in [2.75, 3.05) is 37.3 Å². The Hall–Kier alpha value is -0.410. The molecule has 0 spiro atoms. The molecule has 2 rings (SSSR count). The first-order valence-corrected chi connectivity index (χ1v) is 10.0. The van der Waals surface area contributed by atoms with Crippen molar-refractivity contribution < 1.29 is 0 Å². The van der Waals surface area contributed by atoms with Crippen LogP contribution in [-0.4, -0.2) is 54.2 Å². The highest BCUT2D eigenvalue weighted by Crippen LogP contribution is 2.26. The number of pyridine rings is 1. The van der Waals surface area contributed by atoms with Crippen LogP contribution in [0, 0.1) is 0 Å². The predicted octanol–water partition coefficient (Wildman–Crippen LogP) is 3.63. The smallest absolute Gasteiger partial charge is 0.191 e. The molecule has 1 aliphatic heterocycles. The van der Waals surface area contributed by atoms with Crippen LogP contribution in [0.4, 0.5) is 5.82 Å². The summed E-state index contributed by atoms with van der Waals surface area (Å²) >= 11 is 8.10. The molecule has 0 radical (unpaired) electrons. The molecule has 1 aliphatic rings. The average Bonchev–Trinajstić information content (AvgIpc) is 3.02. The van der Waals surface area contributed by atoms with Gasteiger partial charge in [-0.3, -0.25) is 4.99 Å². The number of rotatable bonds is 6. The van der Waals surface area contributed by atoms with Gasteiger partial charge in [-0.15, -0.1) is 24.0 Å². The summed E-state index contributed by atoms with van der Waals surface area (Å²) in [6.07, 6.45) is 4.96. The SMILES string of the molecule is CCNC(=NCC(C)(C)SC)NC1CCN(c2ncccc2Cl)C1.I. The summed E-state index contributed by atoms with van der Waals surface area (Å²) in [7, 11) is 0. The van der Waals surface area contributed by atoms with Crippen molar-refractivity contribution in [3.05, 3.63) is 23.4 Å². The monoisotopic (exact) mass is 497 g/mol. The van der Waals surface area contributed by atoms with Crippen LogP contribution in [0.1, 0.15) is 27.2 Å². The van der Waals surface area contributed by atoms with Crippen molar-refractivity contribution in [1.29, 1.82) is 0 Å². The minimum atomic E-state index is 0. The number of aliphatic imine (C=N–C) groups is 1. The van der Waals surface area contributed by atoms with Crippen LogP contribution in [0.3, 0.4) is 0 Å². The number of nitrogens with one attached hydrogen (secondary N) is 2. The molecule has 0 bridgehead atoms. The van der Waals surface area contributed by atoms with E-state index >= 15 is 0 Å². The van der Waals surface area contributed by atoms with Gasteiger partial charge in [0.1, 0.15) is 5.82 Å². The van der Waals surface area contributed by atoms with E-state index in [1.54, 1.807) is 6.20 Å². The fourth-order valence-corrected chi connectivity index (χ4v) is 2.96. The minimum absolute atomic E-state index is 0. The number of aromatic nitrogens is 1. The standard InChI is InChI=1S/C17H28ClN5S.HI/c1-5-19-16(21-12-17(2,3)24-4)22-13-8-10-23(11-13)15-14(18)7-6-9-20-15;/h6-7,9,13H,5,8,10-12H2,1-4H3,(H2,19,21,22);1H. The van der Waals surface area contributed by atoms with Gasteiger partial charge in [-0.25, -0.2) is 4.98 Å². The van der Waals surface area contributed by atoms with E-state index in [0.717, 1.165) is 44.4 Å². The van der Waals surface area contributed by atoms with Gasteiger partial charge in [0.05, 0.1) is 11.6 Å². The Morgan fingerprint density at radius 2 is 2.28 bits per heavy atom. The Labute approximate surface area is 177 Å². The second-order valence-electron chi connectivity index (χ2n) is 6.54. The maximum atomic E-state index is 6.26. The minimum Gasteiger partial charge on any atom is -0.357 e. The number of halogens is 2. The molecule has 0 aromatic carbocycles. The molecular weight excluding hydrogens is 469 g/mol. The van der Waals surface area contributed by atoms with Gasteiger partial charge in [-0.1, -0.05) is 11.6 Å². The highest BCUT2D eigenvalue weighted by molar-refractivity contribution is 14.0. The van der Waals surface area contributed by atoms with Gasteiger partial charge in [-0.2, -0.15) is 11.8 Å². The van der Waals surface area contributed by atoms with Gasteiger partial charge >= 0.3 is 0 Å². The summed E-state index contributed by atoms with van der Waals surface area (Å²) in [5.74, 6) is 1.76. The zero-order valence-corrected chi connectivity index (χ0v) is 19.3. The quantitative estimate of drug-likeness (QED) is 0.357. The third-order valence-electron chi connectivity index (χ3n) is 4.08. The summed E-state index contributed by atoms with van der Waals surface area (Å²) in [6, 6.07) is 4.10. The maximum absolute atomic E-state index is 6.26. The van der Waals surface area contributed by atoms with E-state index in [-0.39, 0.29) is 28.7 Å². The van der Waals surface area contributed by atoms with Crippen LogP contribution in [-0.2, 0) is 0 Å². The molecule has 0 aliphatic carbocycles. The van der Waals surface area contributed by atoms with Crippen LogP contribution >= 0.6 is 47.3 Å². The number of nitrogens with zero attached hydrogens (tertiary/aromatic N) is 3. The highest BCUT2D eigenvalue weighted by Gasteiger charge is 2.25. The fraction of sp³-hybridized carbons (Fsp3) is 0.647. The number of hydrogen-bond donors (Lipinski definition) is 2. The molecule has 0 amide bonds. The zero-order valence-electron chi connectivity index (χ0n) is 15.4. The molecule has 1 atom stereocenters. The van der Waals surface area contributed by atoms with Crippen LogP contribution in [0.2, 0.25) is 5.02 Å². The lowest BCUT2D eigenvalue weighted by molar-refractivity contribution is 0.641. The molecule has 1 fully saturated rings. The summed E-state index contributed by atoms with van der Waals surface area (Å²) in [4.78, 5) is 11.4. The van der Waals surface area contributed by atoms with E-state index in [0.29, 0.717) is 11.1 Å². The summed E-state index contributed by atoms with van der Waals surface area (Å²) in [6.45, 7) is 9.99. The first-order valence-electron chi connectivity index (χ1n) is 8.40. The van der Waals surface area contributed by atoms with Crippen LogP contribution in [0.25, 0.3) is 0 Å². The Morgan fingerprint density at radius 1 is 1.52 bits per heavy atom. The van der Waals surface area contributed by atoms with E-state index in [1.807, 2.05) is 23.9 Å². The van der Waals surface area contributed by atoms with Gasteiger partial charge in [0, 0.05) is 36.6 Å². The molecule has 1 unspecified atom stereocenters. The lowest BCUT2D eigenvalue weighted by atomic mass is 10.2. The van der Waals surface area contributed by atoms with Crippen molar-refractivity contribution in [2.24, 2.45) is 4.99 Å². The summed E-state index contributed by atoms with van der Waals surface area (Å²) in [5, 5.41) is 7.60. The first kappa shape index (κ1) is 22.6. The number of hydrogen-bond acceptors (Lipinski definition) is 4. The number of guanidine groups is 1. The second kappa shape index (κ2) is 10.7. The van der Waals surface area contributed by atoms with E-state index in [4.69, 9.17) is 16.6 Å². The van der Waals surface area contributed by atoms with Crippen LogP contribution in [0.15, 0.2) is 23.3 Å². The lowest BCUT2D eigenvalue weighted by Crippen LogP contribution is -2.45. The summed E-state index contributed by atoms with van der Waals surface area (Å²) < 4.78 is 0.144. The Morgan fingerprint density at radius 3 is 2.92 bits per heavy atom. The predicted molar refractivity (Wildman–Crippen MR) is 122 cm³/mol. The molecule has 2 heterocycles. The topological polar surface area (TPSA) is 52.6 Å². The van der Waals surface area contributed by atoms with Gasteiger partial charge in [-0.05, 0) is 45.6 Å². The van der Waals surface area contributed by atoms with E-state index in [1.165, 1.54) is 0 Å². The molecule has 2 N–H and O–H groups in total. The average molecular weight is 498 g/mol. The van der Waals surface area contributed by atoms with Crippen molar-refractivity contribution in [3.8, 4) is 0 Å². The van der Waals surface area contributed by atoms with Gasteiger partial charge in [0.15, 0.2) is 5.96 Å². The summed E-state index contributed by atoms with van der Waals surface area (Å²) in [5.41, 5.74) is 0. The molecule has 142 valence electrons. The first-order chi connectivity index (χ1) is 11.4. The fourth-order valence-electron chi connectivity index (χ4n) is 2.53. The lowest BCUT2D eigenvalue weighted by Gasteiger charge is -2.22. The number of thioether (sulfide) groups is 1. The molecule has 5 nitrogen and oxygen atoms in total. The largest absolute Gasteiger partial charge is 0.357 e. The van der Waals surface area contributed by atoms with E-state index in [9.17, 15) is 0 Å². The molecule has 1 aromatic rings. The molecule has 1 aromatic heterocycles. The van der Waals surface area contributed by atoms with E-state index < -0.39 is 0 Å². The molecular formula is C17H29ClIN5S. The Bertz CT molecular complexity index is 570. The third-order valence-corrected chi connectivity index (χ3v) is 5.61. The Kier molecular flexibility index (Phi) is 9.66. The Balaban J connectivity index is 0.00000312. The van der Waals surface area contributed by atoms with Crippen molar-refractivity contribution >= 4 is 59.1 Å². The van der Waals surface area contributed by atoms with Crippen molar-refractivity contribution in [2.45, 2.75) is 38.0 Å². The van der Waals surface area contributed by atoms with Crippen LogP contribution in [0.5, 0.6) is 0 Å². The van der Waals surface area contributed by atoms with Gasteiger partial charge in [0.2, 0.25) is 0 Å². The van der Waals surface area contributed by atoms with Crippen LogP contribution < -0.4 is 15.5 Å². The number of anilines is 1. The maximum Gasteiger partial charge on any atom is 0.191 e. The normalized spacial score (nSPS) is 18.0. The van der Waals surface area contributed by atoms with Gasteiger partial charge in [0.25, 0.3) is 0 Å². The van der Waals surface area contributed by atoms with Crippen molar-refractivity contribution in [3.63, 3.8) is 0 Å². The van der Waals surface area contributed by atoms with E-state index in [2.05, 4.69) is 47.5 Å². The highest BCUT2D eigenvalue weighted by atomic mass is 127. The molecule has 25 heavy (non-hydrogen) atoms. The molecule has 8 heteroatoms. The zero-order chi connectivity index (χ0) is 17.6.